The van der Waals surface area contributed by atoms with Crippen molar-refractivity contribution in [2.45, 2.75) is 39.2 Å². The standard InChI is InChI=1S/C22H25FN4O2/c1-22(2,3)17-8-5-15(6-9-17)12-21(28)25-20-13-24-27(26-20)14-16-7-10-18(23)19(11-16)29-4/h5-11,13H,12,14H2,1-4H3,(H,25,26,28). The summed E-state index contributed by atoms with van der Waals surface area (Å²) >= 11 is 0. The molecular weight excluding hydrogens is 371 g/mol. The SMILES string of the molecule is COc1cc(Cn2ncc(NC(=O)Cc3ccc(C(C)(C)C)cc3)n2)ccc1F. The van der Waals surface area contributed by atoms with Gasteiger partial charge in [0, 0.05) is 0 Å². The molecule has 0 radical (unpaired) electrons. The first-order valence-corrected chi connectivity index (χ1v) is 9.36. The molecule has 0 fully saturated rings. The van der Waals surface area contributed by atoms with Gasteiger partial charge in [0.05, 0.1) is 26.3 Å². The average molecular weight is 396 g/mol. The summed E-state index contributed by atoms with van der Waals surface area (Å²) in [7, 11) is 1.42. The Balaban J connectivity index is 1.59. The molecule has 0 aliphatic rings. The lowest BCUT2D eigenvalue weighted by molar-refractivity contribution is -0.115. The largest absolute Gasteiger partial charge is 0.494 e. The van der Waals surface area contributed by atoms with Crippen LogP contribution in [0.1, 0.15) is 37.5 Å². The highest BCUT2D eigenvalue weighted by molar-refractivity contribution is 5.91. The number of ether oxygens (including phenoxy) is 1. The van der Waals surface area contributed by atoms with Crippen molar-refractivity contribution in [1.29, 1.82) is 0 Å². The molecule has 3 aromatic rings. The molecule has 0 atom stereocenters. The number of nitrogens with one attached hydrogen (secondary N) is 1. The molecule has 0 unspecified atom stereocenters. The highest BCUT2D eigenvalue weighted by Gasteiger charge is 2.14. The number of benzene rings is 2. The number of carbonyl (C=O) groups is 1. The van der Waals surface area contributed by atoms with Gasteiger partial charge >= 0.3 is 0 Å². The first kappa shape index (κ1) is 20.5. The van der Waals surface area contributed by atoms with Crippen LogP contribution in [0, 0.1) is 5.82 Å². The van der Waals surface area contributed by atoms with E-state index >= 15 is 0 Å². The highest BCUT2D eigenvalue weighted by Crippen LogP contribution is 2.22. The molecule has 0 aliphatic carbocycles. The molecule has 0 aliphatic heterocycles. The Bertz CT molecular complexity index is 991. The number of aromatic nitrogens is 3. The van der Waals surface area contributed by atoms with E-state index in [9.17, 15) is 9.18 Å². The van der Waals surface area contributed by atoms with Crippen LogP contribution < -0.4 is 10.1 Å². The highest BCUT2D eigenvalue weighted by atomic mass is 19.1. The fourth-order valence-corrected chi connectivity index (χ4v) is 2.89. The Morgan fingerprint density at radius 1 is 1.14 bits per heavy atom. The van der Waals surface area contributed by atoms with Crippen LogP contribution in [0.15, 0.2) is 48.7 Å². The van der Waals surface area contributed by atoms with Gasteiger partial charge in [-0.2, -0.15) is 9.90 Å². The molecule has 3 rings (SSSR count). The third-order valence-electron chi connectivity index (χ3n) is 4.53. The molecule has 7 heteroatoms. The summed E-state index contributed by atoms with van der Waals surface area (Å²) in [6.07, 6.45) is 1.74. The fourth-order valence-electron chi connectivity index (χ4n) is 2.89. The second-order valence-corrected chi connectivity index (χ2v) is 7.90. The molecule has 6 nitrogen and oxygen atoms in total. The number of carbonyl (C=O) groups excluding carboxylic acids is 1. The lowest BCUT2D eigenvalue weighted by atomic mass is 9.86. The van der Waals surface area contributed by atoms with Gasteiger partial charge in [0.15, 0.2) is 17.4 Å². The van der Waals surface area contributed by atoms with Gasteiger partial charge in [0.1, 0.15) is 0 Å². The first-order chi connectivity index (χ1) is 13.7. The van der Waals surface area contributed by atoms with Crippen LogP contribution >= 0.6 is 0 Å². The van der Waals surface area contributed by atoms with E-state index in [0.717, 1.165) is 11.1 Å². The van der Waals surface area contributed by atoms with Crippen LogP contribution in [0.5, 0.6) is 5.75 Å². The topological polar surface area (TPSA) is 69.0 Å². The number of amides is 1. The molecule has 0 spiro atoms. The van der Waals surface area contributed by atoms with Crippen LogP contribution in [0.4, 0.5) is 10.2 Å². The molecule has 2 aromatic carbocycles. The van der Waals surface area contributed by atoms with E-state index in [1.165, 1.54) is 29.7 Å². The molecule has 0 saturated carbocycles. The van der Waals surface area contributed by atoms with Crippen LogP contribution in [0.3, 0.4) is 0 Å². The Hall–Kier alpha value is -3.22. The number of hydrogen-bond donors (Lipinski definition) is 1. The van der Waals surface area contributed by atoms with Crippen molar-refractivity contribution in [2.75, 3.05) is 12.4 Å². The lowest BCUT2D eigenvalue weighted by Gasteiger charge is -2.19. The van der Waals surface area contributed by atoms with Crippen molar-refractivity contribution in [3.63, 3.8) is 0 Å². The molecule has 1 N–H and O–H groups in total. The van der Waals surface area contributed by atoms with Crippen molar-refractivity contribution < 1.29 is 13.9 Å². The average Bonchev–Trinajstić information content (AvgIpc) is 3.09. The molecule has 1 amide bonds. The lowest BCUT2D eigenvalue weighted by Crippen LogP contribution is -2.16. The second-order valence-electron chi connectivity index (χ2n) is 7.90. The Labute approximate surface area is 169 Å². The monoisotopic (exact) mass is 396 g/mol. The predicted molar refractivity (Wildman–Crippen MR) is 110 cm³/mol. The summed E-state index contributed by atoms with van der Waals surface area (Å²) < 4.78 is 18.5. The quantitative estimate of drug-likeness (QED) is 0.685. The third-order valence-corrected chi connectivity index (χ3v) is 4.53. The van der Waals surface area contributed by atoms with Gasteiger partial charge in [-0.3, -0.25) is 4.79 Å². The number of halogens is 1. The normalized spacial score (nSPS) is 11.3. The second kappa shape index (κ2) is 8.43. The Morgan fingerprint density at radius 3 is 2.48 bits per heavy atom. The summed E-state index contributed by atoms with van der Waals surface area (Å²) in [6, 6.07) is 12.6. The van der Waals surface area contributed by atoms with Crippen molar-refractivity contribution >= 4 is 11.7 Å². The summed E-state index contributed by atoms with van der Waals surface area (Å²) in [5, 5.41) is 11.1. The van der Waals surface area contributed by atoms with Crippen molar-refractivity contribution in [3.8, 4) is 5.75 Å². The first-order valence-electron chi connectivity index (χ1n) is 9.36. The number of hydrogen-bond acceptors (Lipinski definition) is 4. The van der Waals surface area contributed by atoms with Gasteiger partial charge in [-0.05, 0) is 34.2 Å². The van der Waals surface area contributed by atoms with Gasteiger partial charge in [0.25, 0.3) is 0 Å². The maximum atomic E-state index is 13.5. The molecule has 0 bridgehead atoms. The molecular formula is C22H25FN4O2. The predicted octanol–water partition coefficient (Wildman–Crippen LogP) is 3.95. The Kier molecular flexibility index (Phi) is 5.96. The summed E-state index contributed by atoms with van der Waals surface area (Å²) in [5.74, 6) is -0.0479. The van der Waals surface area contributed by atoms with E-state index in [1.54, 1.807) is 12.1 Å². The smallest absolute Gasteiger partial charge is 0.230 e. The maximum absolute atomic E-state index is 13.5. The Morgan fingerprint density at radius 2 is 1.83 bits per heavy atom. The van der Waals surface area contributed by atoms with Gasteiger partial charge in [-0.15, -0.1) is 5.10 Å². The number of nitrogens with zero attached hydrogens (tertiary/aromatic N) is 3. The van der Waals surface area contributed by atoms with Crippen LogP contribution in [-0.2, 0) is 23.2 Å². The van der Waals surface area contributed by atoms with Gasteiger partial charge in [-0.25, -0.2) is 4.39 Å². The minimum Gasteiger partial charge on any atom is -0.494 e. The molecule has 29 heavy (non-hydrogen) atoms. The summed E-state index contributed by atoms with van der Waals surface area (Å²) in [5.41, 5.74) is 3.02. The minimum atomic E-state index is -0.423. The van der Waals surface area contributed by atoms with E-state index in [-0.39, 0.29) is 23.5 Å². The molecule has 1 heterocycles. The zero-order chi connectivity index (χ0) is 21.0. The number of methoxy groups -OCH3 is 1. The van der Waals surface area contributed by atoms with E-state index in [1.807, 2.05) is 12.1 Å². The third kappa shape index (κ3) is 5.40. The van der Waals surface area contributed by atoms with Gasteiger partial charge < -0.3 is 10.1 Å². The minimum absolute atomic E-state index is 0.0772. The summed E-state index contributed by atoms with van der Waals surface area (Å²) in [4.78, 5) is 13.7. The van der Waals surface area contributed by atoms with E-state index in [0.29, 0.717) is 12.4 Å². The van der Waals surface area contributed by atoms with Crippen LogP contribution in [-0.4, -0.2) is 28.0 Å². The summed E-state index contributed by atoms with van der Waals surface area (Å²) in [6.45, 7) is 6.79. The van der Waals surface area contributed by atoms with E-state index < -0.39 is 5.82 Å². The van der Waals surface area contributed by atoms with Crippen molar-refractivity contribution in [3.05, 3.63) is 71.2 Å². The van der Waals surface area contributed by atoms with Crippen molar-refractivity contribution in [2.24, 2.45) is 0 Å². The fraction of sp³-hybridized carbons (Fsp3) is 0.318. The van der Waals surface area contributed by atoms with Gasteiger partial charge in [-0.1, -0.05) is 51.1 Å². The zero-order valence-corrected chi connectivity index (χ0v) is 17.1. The van der Waals surface area contributed by atoms with Crippen LogP contribution in [0.25, 0.3) is 0 Å². The van der Waals surface area contributed by atoms with Gasteiger partial charge in [0.2, 0.25) is 5.91 Å². The number of rotatable bonds is 6. The van der Waals surface area contributed by atoms with E-state index in [4.69, 9.17) is 4.74 Å². The van der Waals surface area contributed by atoms with Crippen molar-refractivity contribution in [1.82, 2.24) is 15.0 Å². The van der Waals surface area contributed by atoms with Crippen LogP contribution in [0.2, 0.25) is 0 Å². The molecule has 1 aromatic heterocycles. The molecule has 0 saturated heterocycles. The molecule has 152 valence electrons. The zero-order valence-electron chi connectivity index (χ0n) is 17.1. The maximum Gasteiger partial charge on any atom is 0.230 e. The van der Waals surface area contributed by atoms with E-state index in [2.05, 4.69) is 48.4 Å². The number of anilines is 1.